The highest BCUT2D eigenvalue weighted by Crippen LogP contribution is 2.27. The number of amides is 2. The molecule has 2 amide bonds. The van der Waals surface area contributed by atoms with Crippen molar-refractivity contribution in [2.75, 3.05) is 14.1 Å². The number of halogens is 1. The van der Waals surface area contributed by atoms with Crippen LogP contribution in [0.15, 0.2) is 23.8 Å². The zero-order valence-electron chi connectivity index (χ0n) is 11.6. The van der Waals surface area contributed by atoms with E-state index in [2.05, 4.69) is 0 Å². The Morgan fingerprint density at radius 2 is 1.77 bits per heavy atom. The van der Waals surface area contributed by atoms with Crippen LogP contribution in [0.1, 0.15) is 5.56 Å². The number of nitrogens with zero attached hydrogens (tertiary/aromatic N) is 3. The lowest BCUT2D eigenvalue weighted by Crippen LogP contribution is -2.52. The molecular weight excluding hydrogens is 330 g/mol. The van der Waals surface area contributed by atoms with Crippen molar-refractivity contribution in [2.24, 2.45) is 0 Å². The molecule has 1 saturated heterocycles. The molecule has 1 aliphatic rings. The minimum absolute atomic E-state index is 0.0242. The largest absolute Gasteiger partial charge is 0.288 e. The van der Waals surface area contributed by atoms with Crippen LogP contribution >= 0.6 is 23.8 Å². The van der Waals surface area contributed by atoms with E-state index >= 15 is 0 Å². The van der Waals surface area contributed by atoms with Gasteiger partial charge in [-0.05, 0) is 29.9 Å². The zero-order chi connectivity index (χ0) is 16.6. The number of rotatable bonds is 2. The number of nitro benzene ring substituents is 1. The topological polar surface area (TPSA) is 83.8 Å². The molecular formula is C13H10ClN3O4S. The van der Waals surface area contributed by atoms with E-state index in [1.54, 1.807) is 0 Å². The summed E-state index contributed by atoms with van der Waals surface area (Å²) in [6, 6.07) is 4.01. The van der Waals surface area contributed by atoms with Crippen molar-refractivity contribution >= 4 is 52.5 Å². The predicted octanol–water partition coefficient (Wildman–Crippen LogP) is 1.85. The van der Waals surface area contributed by atoms with Crippen LogP contribution in [0.4, 0.5) is 5.69 Å². The van der Waals surface area contributed by atoms with Gasteiger partial charge in [-0.1, -0.05) is 17.7 Å². The maximum Gasteiger partial charge on any atom is 0.288 e. The second-order valence-corrected chi connectivity index (χ2v) is 5.31. The third kappa shape index (κ3) is 2.70. The van der Waals surface area contributed by atoms with Crippen LogP contribution in [0.3, 0.4) is 0 Å². The minimum atomic E-state index is -0.637. The molecule has 114 valence electrons. The van der Waals surface area contributed by atoms with Gasteiger partial charge in [0.2, 0.25) is 0 Å². The van der Waals surface area contributed by atoms with E-state index in [1.165, 1.54) is 38.4 Å². The molecule has 0 atom stereocenters. The van der Waals surface area contributed by atoms with Gasteiger partial charge >= 0.3 is 0 Å². The Bertz CT molecular complexity index is 721. The summed E-state index contributed by atoms with van der Waals surface area (Å²) in [5.74, 6) is -1.13. The molecule has 1 fully saturated rings. The van der Waals surface area contributed by atoms with Crippen molar-refractivity contribution in [3.63, 3.8) is 0 Å². The monoisotopic (exact) mass is 339 g/mol. The van der Waals surface area contributed by atoms with Crippen LogP contribution in [0.2, 0.25) is 5.02 Å². The second-order valence-electron chi connectivity index (χ2n) is 4.54. The quantitative estimate of drug-likeness (QED) is 0.270. The van der Waals surface area contributed by atoms with Crippen LogP contribution < -0.4 is 0 Å². The summed E-state index contributed by atoms with van der Waals surface area (Å²) in [5, 5.41) is 10.9. The van der Waals surface area contributed by atoms with Crippen molar-refractivity contribution in [2.45, 2.75) is 0 Å². The first-order chi connectivity index (χ1) is 10.2. The standard InChI is InChI=1S/C13H10ClN3O4S/c1-15-11(18)8(12(19)16(2)13(15)22)5-7-3-4-9(14)10(6-7)17(20)21/h3-6H,1-2H3. The fraction of sp³-hybridized carbons (Fsp3) is 0.154. The third-order valence-electron chi connectivity index (χ3n) is 3.12. The fourth-order valence-corrected chi connectivity index (χ4v) is 2.25. The highest BCUT2D eigenvalue weighted by molar-refractivity contribution is 7.80. The number of thiocarbonyl (C=S) groups is 1. The number of benzene rings is 1. The van der Waals surface area contributed by atoms with E-state index in [0.717, 1.165) is 9.80 Å². The lowest BCUT2D eigenvalue weighted by Gasteiger charge is -2.31. The Kier molecular flexibility index (Phi) is 4.25. The van der Waals surface area contributed by atoms with Crippen molar-refractivity contribution in [3.05, 3.63) is 44.5 Å². The van der Waals surface area contributed by atoms with E-state index in [1.807, 2.05) is 0 Å². The molecule has 1 aliphatic heterocycles. The molecule has 0 unspecified atom stereocenters. The molecule has 0 bridgehead atoms. The summed E-state index contributed by atoms with van der Waals surface area (Å²) >= 11 is 10.7. The van der Waals surface area contributed by atoms with Gasteiger partial charge in [0.15, 0.2) is 5.11 Å². The first-order valence-electron chi connectivity index (χ1n) is 5.99. The van der Waals surface area contributed by atoms with E-state index < -0.39 is 16.7 Å². The predicted molar refractivity (Wildman–Crippen MR) is 84.2 cm³/mol. The highest BCUT2D eigenvalue weighted by atomic mass is 35.5. The molecule has 0 saturated carbocycles. The van der Waals surface area contributed by atoms with E-state index in [9.17, 15) is 19.7 Å². The molecule has 22 heavy (non-hydrogen) atoms. The number of likely N-dealkylation sites (N-methyl/N-ethyl adjacent to an activating group) is 2. The normalized spacial score (nSPS) is 15.4. The molecule has 9 heteroatoms. The van der Waals surface area contributed by atoms with Gasteiger partial charge in [0.05, 0.1) is 4.92 Å². The van der Waals surface area contributed by atoms with Crippen LogP contribution in [0.5, 0.6) is 0 Å². The molecule has 0 N–H and O–H groups in total. The third-order valence-corrected chi connectivity index (χ3v) is 3.99. The van der Waals surface area contributed by atoms with Crippen molar-refractivity contribution in [1.82, 2.24) is 9.80 Å². The molecule has 1 aromatic carbocycles. The van der Waals surface area contributed by atoms with E-state index in [0.29, 0.717) is 5.56 Å². The van der Waals surface area contributed by atoms with Gasteiger partial charge in [0.25, 0.3) is 17.5 Å². The van der Waals surface area contributed by atoms with Crippen LogP contribution in [-0.2, 0) is 9.59 Å². The van der Waals surface area contributed by atoms with Gasteiger partial charge in [0.1, 0.15) is 10.6 Å². The summed E-state index contributed by atoms with van der Waals surface area (Å²) in [6.07, 6.45) is 1.28. The molecule has 0 aromatic heterocycles. The van der Waals surface area contributed by atoms with Crippen LogP contribution in [0, 0.1) is 10.1 Å². The molecule has 7 nitrogen and oxygen atoms in total. The molecule has 0 spiro atoms. The van der Waals surface area contributed by atoms with Gasteiger partial charge in [-0.3, -0.25) is 29.5 Å². The highest BCUT2D eigenvalue weighted by Gasteiger charge is 2.35. The fourth-order valence-electron chi connectivity index (χ4n) is 1.90. The average molecular weight is 340 g/mol. The minimum Gasteiger partial charge on any atom is -0.288 e. The number of hydrogen-bond acceptors (Lipinski definition) is 5. The van der Waals surface area contributed by atoms with Gasteiger partial charge in [-0.2, -0.15) is 0 Å². The van der Waals surface area contributed by atoms with Gasteiger partial charge < -0.3 is 0 Å². The smallest absolute Gasteiger partial charge is 0.288 e. The van der Waals surface area contributed by atoms with E-state index in [4.69, 9.17) is 23.8 Å². The van der Waals surface area contributed by atoms with Gasteiger partial charge in [-0.25, -0.2) is 0 Å². The summed E-state index contributed by atoms with van der Waals surface area (Å²) in [7, 11) is 2.90. The molecule has 1 heterocycles. The summed E-state index contributed by atoms with van der Waals surface area (Å²) in [5.41, 5.74) is -0.110. The van der Waals surface area contributed by atoms with E-state index in [-0.39, 0.29) is 21.4 Å². The van der Waals surface area contributed by atoms with Crippen LogP contribution in [0.25, 0.3) is 6.08 Å². The molecule has 2 rings (SSSR count). The molecule has 1 aromatic rings. The number of carbonyl (C=O) groups is 2. The van der Waals surface area contributed by atoms with Gasteiger partial charge in [0, 0.05) is 20.2 Å². The molecule has 0 radical (unpaired) electrons. The van der Waals surface area contributed by atoms with Crippen molar-refractivity contribution in [3.8, 4) is 0 Å². The average Bonchev–Trinajstić information content (AvgIpc) is 2.49. The number of nitro groups is 1. The Morgan fingerprint density at radius 3 is 2.27 bits per heavy atom. The first kappa shape index (κ1) is 16.1. The zero-order valence-corrected chi connectivity index (χ0v) is 13.1. The first-order valence-corrected chi connectivity index (χ1v) is 6.78. The SMILES string of the molecule is CN1C(=O)C(=Cc2ccc(Cl)c([N+](=O)[O-])c2)C(=O)N(C)C1=S. The number of carbonyl (C=O) groups excluding carboxylic acids is 2. The Morgan fingerprint density at radius 1 is 1.23 bits per heavy atom. The Balaban J connectivity index is 2.50. The summed E-state index contributed by atoms with van der Waals surface area (Å²) in [6.45, 7) is 0. The Labute approximate surface area is 135 Å². The molecule has 0 aliphatic carbocycles. The number of hydrogen-bond donors (Lipinski definition) is 0. The summed E-state index contributed by atoms with van der Waals surface area (Å²) in [4.78, 5) is 36.8. The lowest BCUT2D eigenvalue weighted by atomic mass is 10.1. The Hall–Kier alpha value is -2.32. The van der Waals surface area contributed by atoms with Crippen molar-refractivity contribution in [1.29, 1.82) is 0 Å². The maximum absolute atomic E-state index is 12.1. The summed E-state index contributed by atoms with van der Waals surface area (Å²) < 4.78 is 0. The maximum atomic E-state index is 12.1. The second kappa shape index (κ2) is 5.82. The van der Waals surface area contributed by atoms with Crippen molar-refractivity contribution < 1.29 is 14.5 Å². The van der Waals surface area contributed by atoms with Gasteiger partial charge in [-0.15, -0.1) is 0 Å². The lowest BCUT2D eigenvalue weighted by molar-refractivity contribution is -0.384. The van der Waals surface area contributed by atoms with Crippen LogP contribution in [-0.4, -0.2) is 45.7 Å².